The molecule has 1 aliphatic rings. The van der Waals surface area contributed by atoms with E-state index in [0.29, 0.717) is 17.8 Å². The molecule has 1 fully saturated rings. The molecule has 2 unspecified atom stereocenters. The van der Waals surface area contributed by atoms with Gasteiger partial charge in [-0.05, 0) is 57.0 Å². The number of hydrogen-bond donors (Lipinski definition) is 2. The second-order valence-corrected chi connectivity index (χ2v) is 5.60. The van der Waals surface area contributed by atoms with Crippen LogP contribution in [0.1, 0.15) is 32.3 Å². The van der Waals surface area contributed by atoms with Crippen molar-refractivity contribution >= 4 is 0 Å². The monoisotopic (exact) mass is 262 g/mol. The van der Waals surface area contributed by atoms with E-state index in [-0.39, 0.29) is 0 Å². The molecular formula is C16H26N2O. The Morgan fingerprint density at radius 2 is 2.11 bits per heavy atom. The highest BCUT2D eigenvalue weighted by Crippen LogP contribution is 2.18. The summed E-state index contributed by atoms with van der Waals surface area (Å²) in [6, 6.07) is 8.86. The number of nitrogens with zero attached hydrogens (tertiary/aromatic N) is 1. The maximum absolute atomic E-state index is 9.34. The minimum Gasteiger partial charge on any atom is -0.508 e. The Balaban J connectivity index is 1.98. The van der Waals surface area contributed by atoms with Crippen molar-refractivity contribution in [3.05, 3.63) is 29.8 Å². The molecule has 2 rings (SSSR count). The van der Waals surface area contributed by atoms with Crippen LogP contribution in [-0.4, -0.2) is 41.7 Å². The van der Waals surface area contributed by atoms with E-state index in [2.05, 4.69) is 24.1 Å². The smallest absolute Gasteiger partial charge is 0.115 e. The molecule has 1 saturated heterocycles. The first-order valence-corrected chi connectivity index (χ1v) is 7.45. The summed E-state index contributed by atoms with van der Waals surface area (Å²) in [4.78, 5) is 2.65. The van der Waals surface area contributed by atoms with Crippen molar-refractivity contribution < 1.29 is 5.11 Å². The van der Waals surface area contributed by atoms with Gasteiger partial charge in [-0.2, -0.15) is 0 Å². The predicted octanol–water partition coefficient (Wildman–Crippen LogP) is 2.40. The molecular weight excluding hydrogens is 236 g/mol. The molecule has 0 radical (unpaired) electrons. The number of phenolic OH excluding ortho intramolecular Hbond substituents is 1. The zero-order chi connectivity index (χ0) is 13.7. The van der Waals surface area contributed by atoms with Gasteiger partial charge >= 0.3 is 0 Å². The highest BCUT2D eigenvalue weighted by molar-refractivity contribution is 5.26. The summed E-state index contributed by atoms with van der Waals surface area (Å²) >= 11 is 0. The largest absolute Gasteiger partial charge is 0.508 e. The minimum absolute atomic E-state index is 0.349. The second kappa shape index (κ2) is 6.92. The van der Waals surface area contributed by atoms with Crippen molar-refractivity contribution in [2.24, 2.45) is 0 Å². The number of aromatic hydroxyl groups is 1. The molecule has 0 saturated carbocycles. The Kier molecular flexibility index (Phi) is 5.23. The molecule has 1 heterocycles. The second-order valence-electron chi connectivity index (χ2n) is 5.60. The van der Waals surface area contributed by atoms with E-state index in [1.807, 2.05) is 12.1 Å². The van der Waals surface area contributed by atoms with E-state index in [9.17, 15) is 5.11 Å². The Labute approximate surface area is 116 Å². The lowest BCUT2D eigenvalue weighted by Gasteiger charge is -2.34. The van der Waals surface area contributed by atoms with Gasteiger partial charge in [-0.15, -0.1) is 0 Å². The van der Waals surface area contributed by atoms with Gasteiger partial charge in [-0.25, -0.2) is 0 Å². The summed E-state index contributed by atoms with van der Waals surface area (Å²) in [6.45, 7) is 8.02. The Morgan fingerprint density at radius 3 is 2.68 bits per heavy atom. The van der Waals surface area contributed by atoms with Crippen LogP contribution in [0.5, 0.6) is 5.75 Å². The van der Waals surface area contributed by atoms with Gasteiger partial charge in [-0.3, -0.25) is 4.90 Å². The number of phenols is 1. The number of nitrogens with one attached hydrogen (secondary N) is 1. The van der Waals surface area contributed by atoms with E-state index in [1.54, 1.807) is 12.1 Å². The van der Waals surface area contributed by atoms with E-state index in [1.165, 1.54) is 24.9 Å². The van der Waals surface area contributed by atoms with Gasteiger partial charge in [0.15, 0.2) is 0 Å². The lowest BCUT2D eigenvalue weighted by molar-refractivity contribution is 0.152. The van der Waals surface area contributed by atoms with Gasteiger partial charge in [0.1, 0.15) is 5.75 Å². The fourth-order valence-electron chi connectivity index (χ4n) is 3.03. The van der Waals surface area contributed by atoms with Crippen LogP contribution in [0.3, 0.4) is 0 Å². The first-order valence-electron chi connectivity index (χ1n) is 7.45. The Bertz CT molecular complexity index is 371. The van der Waals surface area contributed by atoms with Gasteiger partial charge in [0.2, 0.25) is 0 Å². The molecule has 1 aromatic carbocycles. The molecule has 0 amide bonds. The zero-order valence-electron chi connectivity index (χ0n) is 12.1. The lowest BCUT2D eigenvalue weighted by atomic mass is 10.0. The first-order chi connectivity index (χ1) is 9.20. The highest BCUT2D eigenvalue weighted by atomic mass is 16.3. The van der Waals surface area contributed by atoms with Crippen LogP contribution in [0.4, 0.5) is 0 Å². The highest BCUT2D eigenvalue weighted by Gasteiger charge is 2.25. The number of rotatable bonds is 6. The van der Waals surface area contributed by atoms with E-state index >= 15 is 0 Å². The lowest BCUT2D eigenvalue weighted by Crippen LogP contribution is -2.44. The molecule has 0 aliphatic carbocycles. The topological polar surface area (TPSA) is 35.5 Å². The fraction of sp³-hybridized carbons (Fsp3) is 0.625. The van der Waals surface area contributed by atoms with Crippen LogP contribution < -0.4 is 5.32 Å². The van der Waals surface area contributed by atoms with Crippen LogP contribution in [0.25, 0.3) is 0 Å². The maximum Gasteiger partial charge on any atom is 0.115 e. The van der Waals surface area contributed by atoms with Gasteiger partial charge in [-0.1, -0.05) is 19.1 Å². The van der Waals surface area contributed by atoms with Crippen molar-refractivity contribution in [2.75, 3.05) is 19.6 Å². The molecule has 0 aromatic heterocycles. The quantitative estimate of drug-likeness (QED) is 0.826. The summed E-state index contributed by atoms with van der Waals surface area (Å²) in [6.07, 6.45) is 3.52. The van der Waals surface area contributed by atoms with Crippen molar-refractivity contribution in [2.45, 2.75) is 45.2 Å². The minimum atomic E-state index is 0.349. The molecule has 19 heavy (non-hydrogen) atoms. The van der Waals surface area contributed by atoms with Crippen LogP contribution in [0.2, 0.25) is 0 Å². The van der Waals surface area contributed by atoms with E-state index < -0.39 is 0 Å². The summed E-state index contributed by atoms with van der Waals surface area (Å²) in [5.74, 6) is 0.349. The third kappa shape index (κ3) is 3.95. The summed E-state index contributed by atoms with van der Waals surface area (Å²) in [7, 11) is 0. The molecule has 106 valence electrons. The molecule has 2 atom stereocenters. The SMILES string of the molecule is CCCN(C(C)Cc1ccc(O)cc1)C1CCNC1. The number of hydrogen-bond acceptors (Lipinski definition) is 3. The molecule has 0 bridgehead atoms. The van der Waals surface area contributed by atoms with Crippen LogP contribution in [0.15, 0.2) is 24.3 Å². The summed E-state index contributed by atoms with van der Waals surface area (Å²) < 4.78 is 0. The van der Waals surface area contributed by atoms with Crippen molar-refractivity contribution in [1.82, 2.24) is 10.2 Å². The maximum atomic E-state index is 9.34. The van der Waals surface area contributed by atoms with Gasteiger partial charge in [0, 0.05) is 18.6 Å². The molecule has 2 N–H and O–H groups in total. The summed E-state index contributed by atoms with van der Waals surface area (Å²) in [5, 5.41) is 12.8. The van der Waals surface area contributed by atoms with Crippen LogP contribution >= 0.6 is 0 Å². The molecule has 0 spiro atoms. The van der Waals surface area contributed by atoms with Crippen LogP contribution in [0, 0.1) is 0 Å². The molecule has 1 aliphatic heterocycles. The fourth-order valence-corrected chi connectivity index (χ4v) is 3.03. The van der Waals surface area contributed by atoms with Crippen LogP contribution in [-0.2, 0) is 6.42 Å². The molecule has 3 heteroatoms. The average molecular weight is 262 g/mol. The first kappa shape index (κ1) is 14.4. The Hall–Kier alpha value is -1.06. The third-order valence-corrected chi connectivity index (χ3v) is 4.02. The van der Waals surface area contributed by atoms with Gasteiger partial charge in [0.25, 0.3) is 0 Å². The number of benzene rings is 1. The standard InChI is InChI=1S/C16H26N2O/c1-3-10-18(15-8-9-17-12-15)13(2)11-14-4-6-16(19)7-5-14/h4-7,13,15,17,19H,3,8-12H2,1-2H3. The normalized spacial score (nSPS) is 20.9. The zero-order valence-corrected chi connectivity index (χ0v) is 12.1. The van der Waals surface area contributed by atoms with E-state index in [4.69, 9.17) is 0 Å². The van der Waals surface area contributed by atoms with Crippen molar-refractivity contribution in [3.8, 4) is 5.75 Å². The third-order valence-electron chi connectivity index (χ3n) is 4.02. The Morgan fingerprint density at radius 1 is 1.37 bits per heavy atom. The van der Waals surface area contributed by atoms with E-state index in [0.717, 1.165) is 19.5 Å². The molecule has 1 aromatic rings. The van der Waals surface area contributed by atoms with Gasteiger partial charge in [0.05, 0.1) is 0 Å². The predicted molar refractivity (Wildman–Crippen MR) is 79.5 cm³/mol. The average Bonchev–Trinajstić information content (AvgIpc) is 2.92. The molecule has 3 nitrogen and oxygen atoms in total. The van der Waals surface area contributed by atoms with Crippen molar-refractivity contribution in [3.63, 3.8) is 0 Å². The summed E-state index contributed by atoms with van der Waals surface area (Å²) in [5.41, 5.74) is 1.30. The van der Waals surface area contributed by atoms with Gasteiger partial charge < -0.3 is 10.4 Å². The van der Waals surface area contributed by atoms with Crippen molar-refractivity contribution in [1.29, 1.82) is 0 Å².